The monoisotopic (exact) mass is 591 g/mol. The van der Waals surface area contributed by atoms with Crippen molar-refractivity contribution in [2.75, 3.05) is 7.11 Å². The molecule has 0 saturated carbocycles. The van der Waals surface area contributed by atoms with E-state index in [1.807, 2.05) is 0 Å². The van der Waals surface area contributed by atoms with Crippen molar-refractivity contribution >= 4 is 37.5 Å². The van der Waals surface area contributed by atoms with Crippen LogP contribution < -0.4 is 11.5 Å². The van der Waals surface area contributed by atoms with Crippen molar-refractivity contribution in [1.29, 1.82) is 0 Å². The summed E-state index contributed by atoms with van der Waals surface area (Å²) in [5, 5.41) is 0. The summed E-state index contributed by atoms with van der Waals surface area (Å²) < 4.78 is 53.4. The molecule has 0 aliphatic carbocycles. The van der Waals surface area contributed by atoms with Gasteiger partial charge in [-0.2, -0.15) is 4.99 Å². The molecule has 0 unspecified atom stereocenters. The number of ether oxygens (including phenoxy) is 1. The molecule has 10 nitrogen and oxygen atoms in total. The molecule has 40 heavy (non-hydrogen) atoms. The number of methoxy groups -OCH3 is 1. The first-order valence-corrected chi connectivity index (χ1v) is 15.7. The first-order chi connectivity index (χ1) is 18.3. The number of benzene rings is 2. The Morgan fingerprint density at radius 2 is 1.18 bits per heavy atom. The molecule has 2 aliphatic rings. The number of rotatable bonds is 2. The molecule has 2 aromatic rings. The first-order valence-electron chi connectivity index (χ1n) is 12.8. The molecule has 0 spiro atoms. The zero-order valence-corrected chi connectivity index (χ0v) is 25.5. The molecule has 2 heterocycles. The number of nitrogens with two attached hydrogens (primary N) is 2. The van der Waals surface area contributed by atoms with Gasteiger partial charge in [0.25, 0.3) is 5.91 Å². The Hall–Kier alpha value is -3.25. The fourth-order valence-corrected chi connectivity index (χ4v) is 8.35. The number of fused-ring (bicyclic) bond motifs is 2. The largest absolute Gasteiger partial charge is 0.465 e. The molecule has 4 rings (SSSR count). The number of aliphatic imine (C=N–C) groups is 1. The molecule has 2 aliphatic heterocycles. The Kier molecular flexibility index (Phi) is 8.31. The average molecular weight is 592 g/mol. The highest BCUT2D eigenvalue weighted by molar-refractivity contribution is 7.93. The van der Waals surface area contributed by atoms with Crippen LogP contribution in [-0.2, 0) is 37.3 Å². The van der Waals surface area contributed by atoms with E-state index in [9.17, 15) is 26.4 Å². The summed E-state index contributed by atoms with van der Waals surface area (Å²) in [5.74, 6) is -1.48. The van der Waals surface area contributed by atoms with Crippen molar-refractivity contribution in [1.82, 2.24) is 0 Å². The number of guanidine groups is 1. The molecule has 0 radical (unpaired) electrons. The maximum atomic E-state index is 12.6. The summed E-state index contributed by atoms with van der Waals surface area (Å²) in [6, 6.07) is 6.38. The molecule has 0 bridgehead atoms. The van der Waals surface area contributed by atoms with Crippen LogP contribution >= 0.6 is 0 Å². The lowest BCUT2D eigenvalue weighted by atomic mass is 9.97. The van der Waals surface area contributed by atoms with Crippen LogP contribution in [0.5, 0.6) is 0 Å². The summed E-state index contributed by atoms with van der Waals surface area (Å²) in [7, 11) is -5.60. The highest BCUT2D eigenvalue weighted by Crippen LogP contribution is 2.39. The number of carbonyl (C=O) groups is 2. The highest BCUT2D eigenvalue weighted by atomic mass is 32.2. The Labute approximate surface area is 236 Å². The topological polar surface area (TPSA) is 176 Å². The lowest BCUT2D eigenvalue weighted by Crippen LogP contribution is -2.36. The maximum absolute atomic E-state index is 12.6. The summed E-state index contributed by atoms with van der Waals surface area (Å²) >= 11 is 0. The Balaban J connectivity index is 0.000000222. The van der Waals surface area contributed by atoms with Crippen molar-refractivity contribution in [2.45, 2.75) is 86.5 Å². The van der Waals surface area contributed by atoms with Gasteiger partial charge in [0.15, 0.2) is 25.6 Å². The first kappa shape index (κ1) is 31.3. The van der Waals surface area contributed by atoms with Gasteiger partial charge in [-0.3, -0.25) is 4.79 Å². The van der Waals surface area contributed by atoms with E-state index < -0.39 is 41.0 Å². The van der Waals surface area contributed by atoms with E-state index in [-0.39, 0.29) is 21.3 Å². The Bertz CT molecular complexity index is 1630. The minimum Gasteiger partial charge on any atom is -0.465 e. The third-order valence-corrected chi connectivity index (χ3v) is 12.9. The summed E-state index contributed by atoms with van der Waals surface area (Å²) in [6.45, 7) is 10.4. The summed E-state index contributed by atoms with van der Waals surface area (Å²) in [6.07, 6.45) is 2.53. The smallest absolute Gasteiger partial charge is 0.338 e. The van der Waals surface area contributed by atoms with Gasteiger partial charge < -0.3 is 16.2 Å². The molecule has 2 aromatic carbocycles. The number of hydrogen-bond acceptors (Lipinski definition) is 7. The normalized spacial score (nSPS) is 19.1. The number of carbonyl (C=O) groups excluding carboxylic acids is 2. The molecule has 12 heteroatoms. The van der Waals surface area contributed by atoms with Crippen LogP contribution in [0, 0.1) is 13.8 Å². The number of sulfone groups is 2. The maximum Gasteiger partial charge on any atom is 0.338 e. The molecule has 0 saturated heterocycles. The van der Waals surface area contributed by atoms with E-state index in [0.717, 1.165) is 16.7 Å². The van der Waals surface area contributed by atoms with Crippen LogP contribution in [0.15, 0.2) is 39.0 Å². The Morgan fingerprint density at radius 1 is 0.775 bits per heavy atom. The predicted octanol–water partition coefficient (Wildman–Crippen LogP) is 3.19. The van der Waals surface area contributed by atoms with Gasteiger partial charge in [0, 0.05) is 5.56 Å². The number of amides is 1. The Morgan fingerprint density at radius 3 is 1.57 bits per heavy atom. The zero-order valence-electron chi connectivity index (χ0n) is 23.9. The second kappa shape index (κ2) is 10.6. The third-order valence-electron chi connectivity index (χ3n) is 7.71. The number of hydrogen-bond donors (Lipinski definition) is 2. The van der Waals surface area contributed by atoms with Gasteiger partial charge in [0.1, 0.15) is 0 Å². The van der Waals surface area contributed by atoms with E-state index >= 15 is 0 Å². The van der Waals surface area contributed by atoms with Crippen LogP contribution in [-0.4, -0.2) is 51.3 Å². The van der Waals surface area contributed by atoms with Crippen molar-refractivity contribution in [2.24, 2.45) is 16.5 Å². The highest BCUT2D eigenvalue weighted by Gasteiger charge is 2.42. The van der Waals surface area contributed by atoms with Gasteiger partial charge in [0.05, 0.1) is 32.0 Å². The second-order valence-electron chi connectivity index (χ2n) is 11.4. The van der Waals surface area contributed by atoms with Crippen LogP contribution in [0.4, 0.5) is 0 Å². The van der Waals surface area contributed by atoms with Gasteiger partial charge in [-0.05, 0) is 102 Å². The molecule has 1 amide bonds. The van der Waals surface area contributed by atoms with E-state index in [2.05, 4.69) is 4.99 Å². The van der Waals surface area contributed by atoms with E-state index in [1.165, 1.54) is 19.2 Å². The van der Waals surface area contributed by atoms with Crippen molar-refractivity contribution in [3.05, 3.63) is 57.6 Å². The van der Waals surface area contributed by atoms with E-state index in [0.29, 0.717) is 36.8 Å². The number of aryl methyl sites for hydroxylation is 4. The van der Waals surface area contributed by atoms with Crippen LogP contribution in [0.1, 0.15) is 83.5 Å². The van der Waals surface area contributed by atoms with E-state index in [4.69, 9.17) is 16.2 Å². The molecular weight excluding hydrogens is 554 g/mol. The fourth-order valence-electron chi connectivity index (χ4n) is 4.86. The van der Waals surface area contributed by atoms with Gasteiger partial charge >= 0.3 is 5.97 Å². The molecule has 218 valence electrons. The number of esters is 1. The minimum atomic E-state index is -3.48. The molecule has 0 fully saturated rings. The number of nitrogens with zero attached hydrogens (tertiary/aromatic N) is 1. The zero-order chi connectivity index (χ0) is 30.4. The van der Waals surface area contributed by atoms with Gasteiger partial charge in [-0.1, -0.05) is 12.1 Å². The molecular formula is C28H37N3O7S2. The average Bonchev–Trinajstić information content (AvgIpc) is 2.83. The fraction of sp³-hybridized carbons (Fsp3) is 0.464. The SMILES string of the molecule is COC(=O)c1cc2c(cc1C)CCC(C)(C)S2(=O)=O.Cc1cc2c(cc1C(=O)N=C(N)N)S(=O)(=O)C(C)(C)CC2. The van der Waals surface area contributed by atoms with Crippen LogP contribution in [0.25, 0.3) is 0 Å². The van der Waals surface area contributed by atoms with Crippen molar-refractivity contribution in [3.63, 3.8) is 0 Å². The predicted molar refractivity (Wildman–Crippen MR) is 153 cm³/mol. The lowest BCUT2D eigenvalue weighted by Gasteiger charge is -2.31. The van der Waals surface area contributed by atoms with Gasteiger partial charge in [-0.15, -0.1) is 0 Å². The quantitative estimate of drug-likeness (QED) is 0.302. The summed E-state index contributed by atoms with van der Waals surface area (Å²) in [5.41, 5.74) is 13.9. The van der Waals surface area contributed by atoms with E-state index in [1.54, 1.807) is 53.7 Å². The van der Waals surface area contributed by atoms with Gasteiger partial charge in [-0.25, -0.2) is 21.6 Å². The van der Waals surface area contributed by atoms with Crippen LogP contribution in [0.2, 0.25) is 0 Å². The third kappa shape index (κ3) is 5.51. The molecule has 0 atom stereocenters. The molecule has 4 N–H and O–H groups in total. The minimum absolute atomic E-state index is 0.207. The second-order valence-corrected chi connectivity index (χ2v) is 16.5. The standard InChI is InChI=1S/C14H19N3O3S.C14H18O4S/c1-8-6-9-4-5-14(2,3)21(19,20)11(9)7-10(8)12(18)17-13(15)16;1-9-7-10-5-6-14(2,3)19(16,17)12(10)8-11(9)13(15)18-4/h6-7H,4-5H2,1-3H3,(H4,15,16,17,18);7-8H,5-6H2,1-4H3. The lowest BCUT2D eigenvalue weighted by molar-refractivity contribution is 0.0599. The molecule has 0 aromatic heterocycles. The van der Waals surface area contributed by atoms with Crippen molar-refractivity contribution in [3.8, 4) is 0 Å². The van der Waals surface area contributed by atoms with Crippen molar-refractivity contribution < 1.29 is 31.2 Å². The van der Waals surface area contributed by atoms with Gasteiger partial charge in [0.2, 0.25) is 0 Å². The van der Waals surface area contributed by atoms with Crippen LogP contribution in [0.3, 0.4) is 0 Å². The summed E-state index contributed by atoms with van der Waals surface area (Å²) in [4.78, 5) is 27.6.